The van der Waals surface area contributed by atoms with E-state index in [9.17, 15) is 9.59 Å². The second-order valence-electron chi connectivity index (χ2n) is 1.76. The summed E-state index contributed by atoms with van der Waals surface area (Å²) in [4.78, 5) is 24.4. The first-order chi connectivity index (χ1) is 5.33. The van der Waals surface area contributed by atoms with Crippen LogP contribution in [0, 0.1) is 0 Å². The van der Waals surface area contributed by atoms with E-state index in [4.69, 9.17) is 0 Å². The normalized spacial score (nSPS) is 16.5. The van der Waals surface area contributed by atoms with Gasteiger partial charge in [-0.05, 0) is 5.16 Å². The maximum Gasteiger partial charge on any atom is 0.339 e. The Kier molecular flexibility index (Phi) is 2.41. The molecule has 0 unspecified atom stereocenters. The number of carbonyl (C=O) groups is 1. The highest BCUT2D eigenvalue weighted by atomic mass is 16.7. The number of oxime groups is 1. The smallest absolute Gasteiger partial charge is 0.339 e. The van der Waals surface area contributed by atoms with E-state index in [1.54, 1.807) is 0 Å². The Balaban J connectivity index is 2.19. The number of nitrogens with zero attached hydrogens (tertiary/aromatic N) is 1. The largest absolute Gasteiger partial charge is 0.466 e. The summed E-state index contributed by atoms with van der Waals surface area (Å²) >= 11 is 0. The summed E-state index contributed by atoms with van der Waals surface area (Å²) < 4.78 is 4.55. The predicted molar refractivity (Wildman–Crippen MR) is 34.4 cm³/mol. The van der Waals surface area contributed by atoms with Gasteiger partial charge < -0.3 is 9.57 Å². The molecule has 0 N–H and O–H groups in total. The molecule has 0 saturated carbocycles. The average Bonchev–Trinajstić information content (AvgIpc) is 2.80. The quantitative estimate of drug-likeness (QED) is 0.242. The molecule has 1 aliphatic heterocycles. The van der Waals surface area contributed by atoms with Gasteiger partial charge in [0.05, 0.1) is 6.42 Å². The summed E-state index contributed by atoms with van der Waals surface area (Å²) in [5.41, 5.74) is 0. The highest BCUT2D eigenvalue weighted by molar-refractivity contribution is 5.88. The van der Waals surface area contributed by atoms with Crippen molar-refractivity contribution >= 4 is 17.8 Å². The molecule has 0 aliphatic carbocycles. The van der Waals surface area contributed by atoms with Crippen molar-refractivity contribution in [2.75, 3.05) is 6.61 Å². The van der Waals surface area contributed by atoms with Crippen LogP contribution < -0.4 is 0 Å². The highest BCUT2D eigenvalue weighted by Gasteiger charge is 2.16. The second kappa shape index (κ2) is 3.53. The minimum Gasteiger partial charge on any atom is -0.466 e. The van der Waals surface area contributed by atoms with Crippen molar-refractivity contribution in [2.45, 2.75) is 6.42 Å². The van der Waals surface area contributed by atoms with Gasteiger partial charge in [-0.3, -0.25) is 0 Å². The number of epoxide rings is 1. The Morgan fingerprint density at radius 1 is 1.91 bits per heavy atom. The first-order valence-corrected chi connectivity index (χ1v) is 2.92. The topological polar surface area (TPSA) is 68.3 Å². The summed E-state index contributed by atoms with van der Waals surface area (Å²) in [7, 11) is 0. The molecule has 1 rings (SSSR count). The Bertz CT molecular complexity index is 233. The van der Waals surface area contributed by atoms with Gasteiger partial charge in [-0.15, -0.1) is 0 Å². The van der Waals surface area contributed by atoms with Gasteiger partial charge in [-0.2, -0.15) is 0 Å². The van der Waals surface area contributed by atoms with Crippen molar-refractivity contribution in [3.63, 3.8) is 0 Å². The van der Waals surface area contributed by atoms with Gasteiger partial charge in [-0.25, -0.2) is 9.59 Å². The molecule has 0 amide bonds. The van der Waals surface area contributed by atoms with Crippen LogP contribution in [-0.2, 0) is 19.2 Å². The Morgan fingerprint density at radius 2 is 2.64 bits per heavy atom. The van der Waals surface area contributed by atoms with Crippen LogP contribution in [0.25, 0.3) is 0 Å². The van der Waals surface area contributed by atoms with Gasteiger partial charge in [-0.1, -0.05) is 0 Å². The number of hydrogen-bond donors (Lipinski definition) is 0. The van der Waals surface area contributed by atoms with Crippen LogP contribution in [0.5, 0.6) is 0 Å². The van der Waals surface area contributed by atoms with Gasteiger partial charge >= 0.3 is 5.97 Å². The SMILES string of the molecule is O=C=CCC(=O)O/N=C1\CO1. The van der Waals surface area contributed by atoms with Crippen molar-refractivity contribution in [3.05, 3.63) is 6.08 Å². The predicted octanol–water partition coefficient (Wildman–Crippen LogP) is -0.349. The zero-order valence-corrected chi connectivity index (χ0v) is 5.57. The minimum absolute atomic E-state index is 0.111. The van der Waals surface area contributed by atoms with E-state index in [2.05, 4.69) is 14.7 Å². The van der Waals surface area contributed by atoms with Crippen LogP contribution >= 0.6 is 0 Å². The molecule has 1 heterocycles. The number of hydrogen-bond acceptors (Lipinski definition) is 5. The fraction of sp³-hybridized carbons (Fsp3) is 0.333. The first-order valence-electron chi connectivity index (χ1n) is 2.92. The van der Waals surface area contributed by atoms with E-state index >= 15 is 0 Å². The molecule has 0 atom stereocenters. The van der Waals surface area contributed by atoms with Gasteiger partial charge in [0.2, 0.25) is 0 Å². The zero-order chi connectivity index (χ0) is 8.10. The van der Waals surface area contributed by atoms with Crippen molar-refractivity contribution < 1.29 is 19.2 Å². The summed E-state index contributed by atoms with van der Waals surface area (Å²) in [5, 5.41) is 3.28. The summed E-state index contributed by atoms with van der Waals surface area (Å²) in [6.45, 7) is 0.413. The van der Waals surface area contributed by atoms with Crippen LogP contribution in [0.15, 0.2) is 11.2 Å². The van der Waals surface area contributed by atoms with Gasteiger partial charge in [0, 0.05) is 6.08 Å². The molecule has 0 aromatic rings. The molecule has 58 valence electrons. The maximum atomic E-state index is 10.5. The molecule has 0 spiro atoms. The lowest BCUT2D eigenvalue weighted by atomic mass is 10.4. The second-order valence-corrected chi connectivity index (χ2v) is 1.76. The lowest BCUT2D eigenvalue weighted by Gasteiger charge is -1.87. The number of ether oxygens (including phenoxy) is 1. The summed E-state index contributed by atoms with van der Waals surface area (Å²) in [5.74, 6) is 1.24. The molecule has 1 fully saturated rings. The zero-order valence-electron chi connectivity index (χ0n) is 5.57. The van der Waals surface area contributed by atoms with Crippen LogP contribution in [0.4, 0.5) is 0 Å². The summed E-state index contributed by atoms with van der Waals surface area (Å²) in [6, 6.07) is 0. The van der Waals surface area contributed by atoms with E-state index in [1.807, 2.05) is 0 Å². The number of rotatable bonds is 3. The van der Waals surface area contributed by atoms with E-state index in [1.165, 1.54) is 5.94 Å². The van der Waals surface area contributed by atoms with Crippen molar-refractivity contribution in [3.8, 4) is 0 Å². The molecule has 1 aliphatic rings. The molecule has 11 heavy (non-hydrogen) atoms. The van der Waals surface area contributed by atoms with Crippen molar-refractivity contribution in [1.82, 2.24) is 0 Å². The third kappa shape index (κ3) is 3.17. The fourth-order valence-corrected chi connectivity index (χ4v) is 0.349. The van der Waals surface area contributed by atoms with E-state index in [0.29, 0.717) is 12.5 Å². The third-order valence-electron chi connectivity index (χ3n) is 0.875. The molecule has 0 aromatic carbocycles. The van der Waals surface area contributed by atoms with Gasteiger partial charge in [0.25, 0.3) is 5.90 Å². The molecular weight excluding hydrogens is 150 g/mol. The van der Waals surface area contributed by atoms with Crippen molar-refractivity contribution in [2.24, 2.45) is 5.16 Å². The minimum atomic E-state index is -0.601. The Morgan fingerprint density at radius 3 is 3.18 bits per heavy atom. The molecule has 5 nitrogen and oxygen atoms in total. The molecule has 0 bridgehead atoms. The first kappa shape index (κ1) is 7.50. The molecule has 5 heteroatoms. The van der Waals surface area contributed by atoms with Gasteiger partial charge in [0.1, 0.15) is 5.94 Å². The summed E-state index contributed by atoms with van der Waals surface area (Å²) in [6.07, 6.45) is 0.913. The standard InChI is InChI=1S/C6H5NO4/c8-3-1-2-6(9)11-7-5-4-10-5/h1H,2,4H2/b7-5+. The van der Waals surface area contributed by atoms with E-state index in [-0.39, 0.29) is 6.42 Å². The third-order valence-corrected chi connectivity index (χ3v) is 0.875. The van der Waals surface area contributed by atoms with E-state index < -0.39 is 5.97 Å². The van der Waals surface area contributed by atoms with Crippen LogP contribution in [0.3, 0.4) is 0 Å². The number of carbonyl (C=O) groups excluding carboxylic acids is 2. The highest BCUT2D eigenvalue weighted by Crippen LogP contribution is 2.00. The van der Waals surface area contributed by atoms with Crippen LogP contribution in [0.1, 0.15) is 6.42 Å². The lowest BCUT2D eigenvalue weighted by Crippen LogP contribution is -1.97. The van der Waals surface area contributed by atoms with E-state index in [0.717, 1.165) is 6.08 Å². The molecular formula is C6H5NO4. The monoisotopic (exact) mass is 155 g/mol. The maximum absolute atomic E-state index is 10.5. The fourth-order valence-electron chi connectivity index (χ4n) is 0.349. The van der Waals surface area contributed by atoms with Crippen molar-refractivity contribution in [1.29, 1.82) is 0 Å². The Labute approximate surface area is 62.3 Å². The van der Waals surface area contributed by atoms with Crippen LogP contribution in [0.2, 0.25) is 0 Å². The average molecular weight is 155 g/mol. The molecule has 1 saturated heterocycles. The van der Waals surface area contributed by atoms with Gasteiger partial charge in [0.15, 0.2) is 6.61 Å². The van der Waals surface area contributed by atoms with Crippen LogP contribution in [-0.4, -0.2) is 24.4 Å². The lowest BCUT2D eigenvalue weighted by molar-refractivity contribution is -0.142. The molecule has 0 aromatic heterocycles. The molecule has 0 radical (unpaired) electrons. The Hall–Kier alpha value is -1.61.